The van der Waals surface area contributed by atoms with E-state index in [9.17, 15) is 9.59 Å². The van der Waals surface area contributed by atoms with Crippen LogP contribution < -0.4 is 20.7 Å². The summed E-state index contributed by atoms with van der Waals surface area (Å²) < 4.78 is 6.41. The molecule has 7 rings (SSSR count). The quantitative estimate of drug-likeness (QED) is 0.134. The lowest BCUT2D eigenvalue weighted by Crippen LogP contribution is -2.29. The normalized spacial score (nSPS) is 14.1. The molecule has 0 saturated carbocycles. The number of carbonyl (C=O) groups is 2. The van der Waals surface area contributed by atoms with Crippen molar-refractivity contribution < 1.29 is 14.3 Å². The Morgan fingerprint density at radius 2 is 1.50 bits per heavy atom. The predicted octanol–water partition coefficient (Wildman–Crippen LogP) is 7.82. The number of para-hydroxylation sites is 1. The number of amides is 2. The minimum absolute atomic E-state index is 0.0680. The zero-order chi connectivity index (χ0) is 31.9. The number of anilines is 3. The predicted molar refractivity (Wildman–Crippen MR) is 185 cm³/mol. The highest BCUT2D eigenvalue weighted by Gasteiger charge is 2.27. The molecule has 8 nitrogen and oxygen atoms in total. The van der Waals surface area contributed by atoms with Crippen molar-refractivity contribution in [1.82, 2.24) is 9.97 Å². The Kier molecular flexibility index (Phi) is 7.41. The van der Waals surface area contributed by atoms with Crippen LogP contribution >= 0.6 is 0 Å². The van der Waals surface area contributed by atoms with Gasteiger partial charge in [-0.05, 0) is 87.7 Å². The third kappa shape index (κ3) is 5.43. The second-order valence-corrected chi connectivity index (χ2v) is 12.3. The van der Waals surface area contributed by atoms with E-state index in [0.717, 1.165) is 61.6 Å². The second kappa shape index (κ2) is 11.7. The zero-order valence-corrected chi connectivity index (χ0v) is 26.2. The van der Waals surface area contributed by atoms with Crippen LogP contribution in [-0.2, 0) is 16.0 Å². The number of H-pyrrole nitrogens is 1. The number of carbonyl (C=O) groups excluding carboxylic acids is 2. The van der Waals surface area contributed by atoms with Gasteiger partial charge in [-0.3, -0.25) is 14.6 Å². The molecule has 8 heteroatoms. The first-order chi connectivity index (χ1) is 22.2. The smallest absolute Gasteiger partial charge is 0.256 e. The van der Waals surface area contributed by atoms with Crippen molar-refractivity contribution in [3.05, 3.63) is 113 Å². The molecule has 0 spiro atoms. The van der Waals surface area contributed by atoms with Crippen molar-refractivity contribution >= 4 is 50.9 Å². The van der Waals surface area contributed by atoms with Crippen LogP contribution in [0.1, 0.15) is 44.4 Å². The number of hydrogen-bond donors (Lipinski definition) is 4. The number of nitrogens with one attached hydrogen (secondary N) is 4. The van der Waals surface area contributed by atoms with Gasteiger partial charge in [0.05, 0.1) is 12.2 Å². The summed E-state index contributed by atoms with van der Waals surface area (Å²) in [5.74, 6) is 0.511. The maximum atomic E-state index is 12.6. The van der Waals surface area contributed by atoms with E-state index < -0.39 is 0 Å². The number of pyridine rings is 1. The van der Waals surface area contributed by atoms with Crippen LogP contribution in [0.25, 0.3) is 33.2 Å². The Labute approximate surface area is 267 Å². The van der Waals surface area contributed by atoms with E-state index in [-0.39, 0.29) is 17.9 Å². The average Bonchev–Trinajstić information content (AvgIpc) is 3.71. The fourth-order valence-electron chi connectivity index (χ4n) is 6.40. The second-order valence-electron chi connectivity index (χ2n) is 12.3. The molecule has 230 valence electrons. The van der Waals surface area contributed by atoms with Gasteiger partial charge in [0.2, 0.25) is 0 Å². The van der Waals surface area contributed by atoms with Gasteiger partial charge in [-0.15, -0.1) is 0 Å². The molecule has 46 heavy (non-hydrogen) atoms. The number of ether oxygens (including phenoxy) is 1. The molecule has 0 bridgehead atoms. The molecule has 0 fully saturated rings. The van der Waals surface area contributed by atoms with Gasteiger partial charge in [0.15, 0.2) is 0 Å². The molecule has 2 amide bonds. The number of aromatic nitrogens is 2. The van der Waals surface area contributed by atoms with Crippen molar-refractivity contribution in [3.8, 4) is 16.9 Å². The van der Waals surface area contributed by atoms with Crippen molar-refractivity contribution in [2.24, 2.45) is 0 Å². The number of nitrogens with zero attached hydrogens (tertiary/aromatic N) is 1. The Bertz CT molecular complexity index is 2100. The Balaban J connectivity index is 1.16. The van der Waals surface area contributed by atoms with Crippen molar-refractivity contribution in [3.63, 3.8) is 0 Å². The third-order valence-corrected chi connectivity index (χ3v) is 8.54. The van der Waals surface area contributed by atoms with Gasteiger partial charge >= 0.3 is 0 Å². The first-order valence-corrected chi connectivity index (χ1v) is 15.4. The minimum atomic E-state index is -0.0987. The molecule has 2 aliphatic rings. The summed E-state index contributed by atoms with van der Waals surface area (Å²) in [6, 6.07) is 22.1. The fourth-order valence-corrected chi connectivity index (χ4v) is 6.40. The van der Waals surface area contributed by atoms with Gasteiger partial charge in [-0.1, -0.05) is 35.4 Å². The summed E-state index contributed by atoms with van der Waals surface area (Å²) in [6.45, 7) is 8.19. The van der Waals surface area contributed by atoms with Gasteiger partial charge in [0, 0.05) is 68.2 Å². The number of allylic oxidation sites excluding steroid dienone is 2. The Morgan fingerprint density at radius 3 is 2.24 bits per heavy atom. The van der Waals surface area contributed by atoms with E-state index in [1.807, 2.05) is 88.5 Å². The lowest BCUT2D eigenvalue weighted by Gasteiger charge is -2.21. The molecule has 2 aliphatic heterocycles. The number of hydrogen-bond acceptors (Lipinski definition) is 5. The number of benzene rings is 3. The highest BCUT2D eigenvalue weighted by molar-refractivity contribution is 6.33. The fraction of sp³-hybridized carbons (Fsp3) is 0.184. The third-order valence-electron chi connectivity index (χ3n) is 8.54. The van der Waals surface area contributed by atoms with Crippen LogP contribution in [0.2, 0.25) is 0 Å². The lowest BCUT2D eigenvalue weighted by molar-refractivity contribution is -0.111. The van der Waals surface area contributed by atoms with Gasteiger partial charge in [-0.2, -0.15) is 0 Å². The van der Waals surface area contributed by atoms with Crippen LogP contribution in [0.15, 0.2) is 96.5 Å². The topological polar surface area (TPSA) is 108 Å². The minimum Gasteiger partial charge on any atom is -0.490 e. The molecular formula is C38H35N5O3. The van der Waals surface area contributed by atoms with Crippen LogP contribution in [0, 0.1) is 0 Å². The SMILES string of the molecule is CC(C)=C1C(=O)Nc2ccc(N[C@H](COc3cncc(-c4ccc5c(c4)C(=C(C)C)C(=O)N5)c3)Cc3c[nH]c4ccccc34)cc21. The van der Waals surface area contributed by atoms with E-state index in [1.165, 1.54) is 10.9 Å². The van der Waals surface area contributed by atoms with Crippen LogP contribution in [0.3, 0.4) is 0 Å². The van der Waals surface area contributed by atoms with Gasteiger partial charge in [-0.25, -0.2) is 0 Å². The zero-order valence-electron chi connectivity index (χ0n) is 26.2. The standard InChI is InChI=1S/C38H35N5O3/c1-21(2)35-30-15-23(9-11-33(30)42-37(35)44)24-14-28(19-39-17-24)46-20-27(13-25-18-40-32-8-6-5-7-29(25)32)41-26-10-12-34-31(16-26)36(22(3)4)38(45)43-34/h5-12,14-19,27,40-41H,13,20H2,1-4H3,(H,42,44)(H,43,45)/t27-/m0/s1. The highest BCUT2D eigenvalue weighted by atomic mass is 16.5. The molecule has 4 heterocycles. The summed E-state index contributed by atoms with van der Waals surface area (Å²) in [4.78, 5) is 33.0. The number of rotatable bonds is 8. The molecule has 0 saturated heterocycles. The molecule has 2 aromatic heterocycles. The van der Waals surface area contributed by atoms with Crippen LogP contribution in [0.4, 0.5) is 17.1 Å². The maximum Gasteiger partial charge on any atom is 0.256 e. The summed E-state index contributed by atoms with van der Waals surface area (Å²) in [6.07, 6.45) is 6.30. The lowest BCUT2D eigenvalue weighted by atomic mass is 9.98. The van der Waals surface area contributed by atoms with Gasteiger partial charge < -0.3 is 25.7 Å². The first kappa shape index (κ1) is 29.1. The number of aromatic amines is 1. The molecule has 0 aliphatic carbocycles. The molecular weight excluding hydrogens is 574 g/mol. The van der Waals surface area contributed by atoms with E-state index in [1.54, 1.807) is 6.20 Å². The molecule has 0 unspecified atom stereocenters. The van der Waals surface area contributed by atoms with E-state index in [0.29, 0.717) is 24.4 Å². The average molecular weight is 610 g/mol. The summed E-state index contributed by atoms with van der Waals surface area (Å²) in [5, 5.41) is 10.8. The van der Waals surface area contributed by atoms with Crippen LogP contribution in [0.5, 0.6) is 5.75 Å². The van der Waals surface area contributed by atoms with Crippen molar-refractivity contribution in [1.29, 1.82) is 0 Å². The number of fused-ring (bicyclic) bond motifs is 3. The Hall–Kier alpha value is -5.63. The molecule has 5 aromatic rings. The maximum absolute atomic E-state index is 12.6. The monoisotopic (exact) mass is 609 g/mol. The van der Waals surface area contributed by atoms with Gasteiger partial charge in [0.25, 0.3) is 11.8 Å². The van der Waals surface area contributed by atoms with Gasteiger partial charge in [0.1, 0.15) is 12.4 Å². The summed E-state index contributed by atoms with van der Waals surface area (Å²) >= 11 is 0. The molecule has 3 aromatic carbocycles. The Morgan fingerprint density at radius 1 is 0.804 bits per heavy atom. The van der Waals surface area contributed by atoms with E-state index in [2.05, 4.69) is 44.2 Å². The van der Waals surface area contributed by atoms with E-state index >= 15 is 0 Å². The molecule has 0 radical (unpaired) electrons. The van der Waals surface area contributed by atoms with Crippen molar-refractivity contribution in [2.45, 2.75) is 40.2 Å². The summed E-state index contributed by atoms with van der Waals surface area (Å²) in [5.41, 5.74) is 11.9. The van der Waals surface area contributed by atoms with Crippen LogP contribution in [-0.4, -0.2) is 34.4 Å². The molecule has 4 N–H and O–H groups in total. The van der Waals surface area contributed by atoms with Crippen molar-refractivity contribution in [2.75, 3.05) is 22.6 Å². The first-order valence-electron chi connectivity index (χ1n) is 15.4. The largest absolute Gasteiger partial charge is 0.490 e. The molecule has 1 atom stereocenters. The summed E-state index contributed by atoms with van der Waals surface area (Å²) in [7, 11) is 0. The van der Waals surface area contributed by atoms with E-state index in [4.69, 9.17) is 4.74 Å². The highest BCUT2D eigenvalue weighted by Crippen LogP contribution is 2.38.